The van der Waals surface area contributed by atoms with E-state index in [0.29, 0.717) is 0 Å². The second kappa shape index (κ2) is 9.28. The standard InChI is InChI=1S/C20H27N3S/c1-4-23(5-2)19-13-11-18(12-14-19)16-22(3)20(24)21-15-17-9-7-6-8-10-17/h6-14H,4-5,15-16H2,1-3H3,(H,21,24). The molecule has 0 saturated carbocycles. The van der Waals surface area contributed by atoms with Crippen molar-refractivity contribution in [2.75, 3.05) is 25.0 Å². The smallest absolute Gasteiger partial charge is 0.169 e. The van der Waals surface area contributed by atoms with Crippen molar-refractivity contribution in [2.24, 2.45) is 0 Å². The Morgan fingerprint density at radius 2 is 1.54 bits per heavy atom. The lowest BCUT2D eigenvalue weighted by Crippen LogP contribution is -2.36. The second-order valence-corrected chi connectivity index (χ2v) is 6.23. The van der Waals surface area contributed by atoms with Crippen molar-refractivity contribution in [1.29, 1.82) is 0 Å². The lowest BCUT2D eigenvalue weighted by Gasteiger charge is -2.23. The van der Waals surface area contributed by atoms with Crippen molar-refractivity contribution >= 4 is 23.0 Å². The van der Waals surface area contributed by atoms with Gasteiger partial charge in [-0.15, -0.1) is 0 Å². The van der Waals surface area contributed by atoms with Crippen molar-refractivity contribution in [3.8, 4) is 0 Å². The Labute approximate surface area is 151 Å². The summed E-state index contributed by atoms with van der Waals surface area (Å²) in [6, 6.07) is 19.1. The van der Waals surface area contributed by atoms with Crippen LogP contribution in [-0.2, 0) is 13.1 Å². The molecule has 24 heavy (non-hydrogen) atoms. The van der Waals surface area contributed by atoms with E-state index in [1.165, 1.54) is 16.8 Å². The zero-order valence-electron chi connectivity index (χ0n) is 14.8. The average molecular weight is 342 g/mol. The van der Waals surface area contributed by atoms with Crippen molar-refractivity contribution in [1.82, 2.24) is 10.2 Å². The molecule has 0 radical (unpaired) electrons. The highest BCUT2D eigenvalue weighted by molar-refractivity contribution is 7.80. The Bertz CT molecular complexity index is 621. The van der Waals surface area contributed by atoms with Crippen LogP contribution in [0.3, 0.4) is 0 Å². The maximum absolute atomic E-state index is 5.49. The number of anilines is 1. The highest BCUT2D eigenvalue weighted by Gasteiger charge is 2.06. The molecule has 2 aromatic rings. The Kier molecular flexibility index (Phi) is 7.07. The van der Waals surface area contributed by atoms with Gasteiger partial charge in [0.25, 0.3) is 0 Å². The number of rotatable bonds is 7. The highest BCUT2D eigenvalue weighted by atomic mass is 32.1. The Morgan fingerprint density at radius 1 is 0.917 bits per heavy atom. The van der Waals surface area contributed by atoms with Crippen LogP contribution in [0.1, 0.15) is 25.0 Å². The van der Waals surface area contributed by atoms with Crippen LogP contribution < -0.4 is 10.2 Å². The first-order valence-electron chi connectivity index (χ1n) is 8.50. The van der Waals surface area contributed by atoms with Crippen LogP contribution in [0.5, 0.6) is 0 Å². The minimum atomic E-state index is 0.755. The van der Waals surface area contributed by atoms with E-state index in [0.717, 1.165) is 31.3 Å². The maximum atomic E-state index is 5.49. The van der Waals surface area contributed by atoms with Crippen molar-refractivity contribution < 1.29 is 0 Å². The Morgan fingerprint density at radius 3 is 2.12 bits per heavy atom. The molecule has 2 aromatic carbocycles. The SMILES string of the molecule is CCN(CC)c1ccc(CN(C)C(=S)NCc2ccccc2)cc1. The third-order valence-corrected chi connectivity index (χ3v) is 4.57. The van der Waals surface area contributed by atoms with Gasteiger partial charge in [-0.2, -0.15) is 0 Å². The van der Waals surface area contributed by atoms with Crippen LogP contribution >= 0.6 is 12.2 Å². The Balaban J connectivity index is 1.86. The van der Waals surface area contributed by atoms with Gasteiger partial charge in [0.05, 0.1) is 0 Å². The quantitative estimate of drug-likeness (QED) is 0.766. The van der Waals surface area contributed by atoms with E-state index in [-0.39, 0.29) is 0 Å². The predicted octanol–water partition coefficient (Wildman–Crippen LogP) is 4.04. The first-order valence-corrected chi connectivity index (χ1v) is 8.91. The van der Waals surface area contributed by atoms with Crippen molar-refractivity contribution in [2.45, 2.75) is 26.9 Å². The molecule has 0 saturated heterocycles. The average Bonchev–Trinajstić information content (AvgIpc) is 2.63. The van der Waals surface area contributed by atoms with Gasteiger partial charge in [0.15, 0.2) is 5.11 Å². The summed E-state index contributed by atoms with van der Waals surface area (Å²) in [5.41, 5.74) is 3.77. The van der Waals surface area contributed by atoms with Gasteiger partial charge in [0.2, 0.25) is 0 Å². The van der Waals surface area contributed by atoms with E-state index < -0.39 is 0 Å². The zero-order chi connectivity index (χ0) is 17.4. The largest absolute Gasteiger partial charge is 0.372 e. The first-order chi connectivity index (χ1) is 11.6. The van der Waals surface area contributed by atoms with E-state index >= 15 is 0 Å². The molecule has 0 aromatic heterocycles. The van der Waals surface area contributed by atoms with Crippen LogP contribution in [0.15, 0.2) is 54.6 Å². The van der Waals surface area contributed by atoms with Gasteiger partial charge in [-0.05, 0) is 49.3 Å². The second-order valence-electron chi connectivity index (χ2n) is 5.84. The highest BCUT2D eigenvalue weighted by Crippen LogP contribution is 2.15. The fourth-order valence-electron chi connectivity index (χ4n) is 2.66. The minimum absolute atomic E-state index is 0.755. The summed E-state index contributed by atoms with van der Waals surface area (Å²) < 4.78 is 0. The molecule has 2 rings (SSSR count). The van der Waals surface area contributed by atoms with Gasteiger partial charge < -0.3 is 15.1 Å². The van der Waals surface area contributed by atoms with Gasteiger partial charge in [-0.3, -0.25) is 0 Å². The van der Waals surface area contributed by atoms with Crippen molar-refractivity contribution in [3.05, 3.63) is 65.7 Å². The summed E-state index contributed by atoms with van der Waals surface area (Å²) in [7, 11) is 2.03. The van der Waals surface area contributed by atoms with Gasteiger partial charge in [0, 0.05) is 38.9 Å². The van der Waals surface area contributed by atoms with Crippen molar-refractivity contribution in [3.63, 3.8) is 0 Å². The van der Waals surface area contributed by atoms with E-state index in [1.807, 2.05) is 25.2 Å². The third kappa shape index (κ3) is 5.24. The molecule has 0 fully saturated rings. The molecule has 0 aliphatic carbocycles. The number of nitrogens with zero attached hydrogens (tertiary/aromatic N) is 2. The summed E-state index contributed by atoms with van der Waals surface area (Å²) >= 11 is 5.49. The molecule has 0 bridgehead atoms. The molecule has 0 spiro atoms. The molecule has 0 aliphatic heterocycles. The summed E-state index contributed by atoms with van der Waals surface area (Å²) in [6.45, 7) is 7.99. The number of nitrogens with one attached hydrogen (secondary N) is 1. The predicted molar refractivity (Wildman–Crippen MR) is 107 cm³/mol. The third-order valence-electron chi connectivity index (χ3n) is 4.12. The fourth-order valence-corrected chi connectivity index (χ4v) is 2.79. The molecule has 3 nitrogen and oxygen atoms in total. The molecule has 1 N–H and O–H groups in total. The lowest BCUT2D eigenvalue weighted by atomic mass is 10.2. The summed E-state index contributed by atoms with van der Waals surface area (Å²) in [5, 5.41) is 4.09. The lowest BCUT2D eigenvalue weighted by molar-refractivity contribution is 0.489. The fraction of sp³-hybridized carbons (Fsp3) is 0.350. The zero-order valence-corrected chi connectivity index (χ0v) is 15.6. The van der Waals surface area contributed by atoms with Gasteiger partial charge >= 0.3 is 0 Å². The maximum Gasteiger partial charge on any atom is 0.169 e. The molecule has 0 amide bonds. The molecule has 0 unspecified atom stereocenters. The molecule has 0 aliphatic rings. The van der Waals surface area contributed by atoms with E-state index in [4.69, 9.17) is 12.2 Å². The summed E-state index contributed by atoms with van der Waals surface area (Å²) in [5.74, 6) is 0. The van der Waals surface area contributed by atoms with Gasteiger partial charge in [-0.25, -0.2) is 0 Å². The van der Waals surface area contributed by atoms with Crippen LogP contribution in [0, 0.1) is 0 Å². The van der Waals surface area contributed by atoms with Crippen LogP contribution in [0.25, 0.3) is 0 Å². The topological polar surface area (TPSA) is 18.5 Å². The molecule has 4 heteroatoms. The number of benzene rings is 2. The summed E-state index contributed by atoms with van der Waals surface area (Å²) in [6.07, 6.45) is 0. The number of thiocarbonyl (C=S) groups is 1. The minimum Gasteiger partial charge on any atom is -0.372 e. The first kappa shape index (κ1) is 18.3. The number of hydrogen-bond acceptors (Lipinski definition) is 2. The normalized spacial score (nSPS) is 10.3. The molecular weight excluding hydrogens is 314 g/mol. The van der Waals surface area contributed by atoms with Crippen LogP contribution in [0.2, 0.25) is 0 Å². The monoisotopic (exact) mass is 341 g/mol. The van der Waals surface area contributed by atoms with E-state index in [9.17, 15) is 0 Å². The van der Waals surface area contributed by atoms with Crippen LogP contribution in [0.4, 0.5) is 5.69 Å². The molecule has 0 heterocycles. The molecule has 0 atom stereocenters. The van der Waals surface area contributed by atoms with Gasteiger partial charge in [0.1, 0.15) is 0 Å². The van der Waals surface area contributed by atoms with E-state index in [2.05, 4.69) is 65.4 Å². The van der Waals surface area contributed by atoms with Gasteiger partial charge in [-0.1, -0.05) is 42.5 Å². The van der Waals surface area contributed by atoms with Crippen LogP contribution in [-0.4, -0.2) is 30.1 Å². The number of hydrogen-bond donors (Lipinski definition) is 1. The Hall–Kier alpha value is -2.07. The molecular formula is C20H27N3S. The van der Waals surface area contributed by atoms with E-state index in [1.54, 1.807) is 0 Å². The molecule has 128 valence electrons. The summed E-state index contributed by atoms with van der Waals surface area (Å²) in [4.78, 5) is 4.42.